The van der Waals surface area contributed by atoms with Crippen molar-refractivity contribution in [3.8, 4) is 0 Å². The van der Waals surface area contributed by atoms with Crippen LogP contribution in [0.2, 0.25) is 5.02 Å². The number of amides is 1. The van der Waals surface area contributed by atoms with Gasteiger partial charge in [-0.1, -0.05) is 17.7 Å². The lowest BCUT2D eigenvalue weighted by Crippen LogP contribution is -2.16. The fourth-order valence-electron chi connectivity index (χ4n) is 1.68. The van der Waals surface area contributed by atoms with E-state index < -0.39 is 11.9 Å². The molecule has 0 saturated carbocycles. The van der Waals surface area contributed by atoms with Crippen molar-refractivity contribution in [1.82, 2.24) is 0 Å². The summed E-state index contributed by atoms with van der Waals surface area (Å²) in [6.45, 7) is 0. The highest BCUT2D eigenvalue weighted by Gasteiger charge is 2.17. The van der Waals surface area contributed by atoms with Gasteiger partial charge in [0.15, 0.2) is 0 Å². The number of carbonyl (C=O) groups excluding carboxylic acids is 1. The Balaban J connectivity index is 2.41. The van der Waals surface area contributed by atoms with Crippen LogP contribution in [0, 0.1) is 3.57 Å². The maximum absolute atomic E-state index is 12.3. The maximum atomic E-state index is 12.3. The number of halogens is 3. The van der Waals surface area contributed by atoms with Crippen molar-refractivity contribution in [2.45, 2.75) is 0 Å². The first kappa shape index (κ1) is 16.3. The van der Waals surface area contributed by atoms with Crippen LogP contribution >= 0.6 is 50.1 Å². The number of anilines is 1. The molecular weight excluding hydrogens is 472 g/mol. The molecule has 108 valence electrons. The summed E-state index contributed by atoms with van der Waals surface area (Å²) < 4.78 is 1.21. The van der Waals surface area contributed by atoms with E-state index in [1.165, 1.54) is 12.1 Å². The molecule has 0 aliphatic rings. The second-order valence-electron chi connectivity index (χ2n) is 4.05. The van der Waals surface area contributed by atoms with Crippen molar-refractivity contribution in [3.05, 3.63) is 60.6 Å². The van der Waals surface area contributed by atoms with Crippen molar-refractivity contribution in [2.24, 2.45) is 0 Å². The van der Waals surface area contributed by atoms with Gasteiger partial charge in [-0.2, -0.15) is 0 Å². The van der Waals surface area contributed by atoms with Gasteiger partial charge in [0.1, 0.15) is 0 Å². The third-order valence-electron chi connectivity index (χ3n) is 2.66. The molecule has 0 aliphatic carbocycles. The molecule has 2 rings (SSSR count). The average molecular weight is 480 g/mol. The highest BCUT2D eigenvalue weighted by atomic mass is 127. The summed E-state index contributed by atoms with van der Waals surface area (Å²) in [5.41, 5.74) is 0.607. The average Bonchev–Trinajstić information content (AvgIpc) is 2.43. The third kappa shape index (κ3) is 3.75. The fraction of sp³-hybridized carbons (Fsp3) is 0. The zero-order valence-electron chi connectivity index (χ0n) is 10.4. The molecule has 0 spiro atoms. The first-order chi connectivity index (χ1) is 9.90. The summed E-state index contributed by atoms with van der Waals surface area (Å²) in [5, 5.41) is 12.2. The van der Waals surface area contributed by atoms with Crippen molar-refractivity contribution in [1.29, 1.82) is 0 Å². The van der Waals surface area contributed by atoms with Crippen molar-refractivity contribution >= 4 is 67.7 Å². The van der Waals surface area contributed by atoms with Crippen LogP contribution in [-0.2, 0) is 0 Å². The van der Waals surface area contributed by atoms with Crippen molar-refractivity contribution in [3.63, 3.8) is 0 Å². The SMILES string of the molecule is O=C(Nc1c(Br)cccc1C(=O)O)c1cc(Cl)ccc1I. The number of carbonyl (C=O) groups is 2. The van der Waals surface area contributed by atoms with E-state index in [0.717, 1.165) is 3.57 Å². The van der Waals surface area contributed by atoms with E-state index in [9.17, 15) is 14.7 Å². The molecule has 0 fully saturated rings. The van der Waals surface area contributed by atoms with E-state index in [4.69, 9.17) is 11.6 Å². The molecular formula is C14H8BrClINO3. The quantitative estimate of drug-likeness (QED) is 0.629. The minimum Gasteiger partial charge on any atom is -0.478 e. The Morgan fingerprint density at radius 1 is 1.19 bits per heavy atom. The smallest absolute Gasteiger partial charge is 0.337 e. The van der Waals surface area contributed by atoms with E-state index in [2.05, 4.69) is 21.2 Å². The lowest BCUT2D eigenvalue weighted by molar-refractivity contribution is 0.0698. The zero-order valence-corrected chi connectivity index (χ0v) is 14.9. The Labute approximate surface area is 147 Å². The van der Waals surface area contributed by atoms with Gasteiger partial charge in [-0.05, 0) is 68.9 Å². The number of rotatable bonds is 3. The van der Waals surface area contributed by atoms with Gasteiger partial charge in [-0.3, -0.25) is 4.79 Å². The lowest BCUT2D eigenvalue weighted by Gasteiger charge is -2.11. The van der Waals surface area contributed by atoms with Gasteiger partial charge in [0, 0.05) is 13.1 Å². The largest absolute Gasteiger partial charge is 0.478 e. The molecule has 0 heterocycles. The Kier molecular flexibility index (Phi) is 5.23. The minimum atomic E-state index is -1.12. The Hall–Kier alpha value is -1.12. The molecule has 0 bridgehead atoms. The highest BCUT2D eigenvalue weighted by molar-refractivity contribution is 14.1. The van der Waals surface area contributed by atoms with Crippen LogP contribution in [0.5, 0.6) is 0 Å². The van der Waals surface area contributed by atoms with Crippen LogP contribution in [-0.4, -0.2) is 17.0 Å². The number of benzene rings is 2. The maximum Gasteiger partial charge on any atom is 0.337 e. The molecule has 0 atom stereocenters. The van der Waals surface area contributed by atoms with E-state index in [0.29, 0.717) is 15.1 Å². The van der Waals surface area contributed by atoms with Crippen LogP contribution in [0.3, 0.4) is 0 Å². The van der Waals surface area contributed by atoms with Crippen LogP contribution in [0.15, 0.2) is 40.9 Å². The van der Waals surface area contributed by atoms with E-state index in [1.807, 2.05) is 22.6 Å². The predicted octanol–water partition coefficient (Wildman–Crippen LogP) is 4.66. The topological polar surface area (TPSA) is 66.4 Å². The van der Waals surface area contributed by atoms with Gasteiger partial charge < -0.3 is 10.4 Å². The van der Waals surface area contributed by atoms with E-state index >= 15 is 0 Å². The molecule has 2 aromatic carbocycles. The molecule has 0 saturated heterocycles. The van der Waals surface area contributed by atoms with Crippen LogP contribution < -0.4 is 5.32 Å². The second kappa shape index (κ2) is 6.76. The minimum absolute atomic E-state index is 0.00904. The van der Waals surface area contributed by atoms with Gasteiger partial charge in [0.25, 0.3) is 5.91 Å². The number of nitrogens with one attached hydrogen (secondary N) is 1. The summed E-state index contributed by atoms with van der Waals surface area (Å²) in [6.07, 6.45) is 0. The standard InChI is InChI=1S/C14H8BrClINO3/c15-10-3-1-2-8(14(20)21)12(10)18-13(19)9-6-7(16)4-5-11(9)17/h1-6H,(H,18,19)(H,20,21). The second-order valence-corrected chi connectivity index (χ2v) is 6.50. The third-order valence-corrected chi connectivity index (χ3v) is 4.49. The van der Waals surface area contributed by atoms with Gasteiger partial charge in [-0.15, -0.1) is 0 Å². The summed E-state index contributed by atoms with van der Waals surface area (Å²) in [7, 11) is 0. The summed E-state index contributed by atoms with van der Waals surface area (Å²) in [6, 6.07) is 9.61. The normalized spacial score (nSPS) is 10.2. The molecule has 0 unspecified atom stereocenters. The monoisotopic (exact) mass is 479 g/mol. The number of aromatic carboxylic acids is 1. The van der Waals surface area contributed by atoms with Crippen LogP contribution in [0.4, 0.5) is 5.69 Å². The Morgan fingerprint density at radius 3 is 2.57 bits per heavy atom. The van der Waals surface area contributed by atoms with E-state index in [-0.39, 0.29) is 11.3 Å². The molecule has 4 nitrogen and oxygen atoms in total. The summed E-state index contributed by atoms with van der Waals surface area (Å²) in [5.74, 6) is -1.54. The van der Waals surface area contributed by atoms with Crippen LogP contribution in [0.1, 0.15) is 20.7 Å². The van der Waals surface area contributed by atoms with Crippen LogP contribution in [0.25, 0.3) is 0 Å². The molecule has 0 radical (unpaired) electrons. The molecule has 2 N–H and O–H groups in total. The van der Waals surface area contributed by atoms with E-state index in [1.54, 1.807) is 24.3 Å². The van der Waals surface area contributed by atoms with Gasteiger partial charge in [0.05, 0.1) is 16.8 Å². The highest BCUT2D eigenvalue weighted by Crippen LogP contribution is 2.28. The lowest BCUT2D eigenvalue weighted by atomic mass is 10.1. The van der Waals surface area contributed by atoms with Crippen molar-refractivity contribution < 1.29 is 14.7 Å². The van der Waals surface area contributed by atoms with Gasteiger partial charge >= 0.3 is 5.97 Å². The van der Waals surface area contributed by atoms with Gasteiger partial charge in [0.2, 0.25) is 0 Å². The molecule has 0 aliphatic heterocycles. The molecule has 7 heteroatoms. The first-order valence-electron chi connectivity index (χ1n) is 5.68. The summed E-state index contributed by atoms with van der Waals surface area (Å²) >= 11 is 11.2. The predicted molar refractivity (Wildman–Crippen MR) is 93.2 cm³/mol. The molecule has 1 amide bonds. The first-order valence-corrected chi connectivity index (χ1v) is 7.93. The number of hydrogen-bond acceptors (Lipinski definition) is 2. The molecule has 21 heavy (non-hydrogen) atoms. The number of carboxylic acid groups (broad SMARTS) is 1. The number of para-hydroxylation sites is 1. The van der Waals surface area contributed by atoms with Gasteiger partial charge in [-0.25, -0.2) is 4.79 Å². The molecule has 2 aromatic rings. The zero-order chi connectivity index (χ0) is 15.6. The Morgan fingerprint density at radius 2 is 1.90 bits per heavy atom. The number of carboxylic acids is 1. The molecule has 0 aromatic heterocycles. The number of hydrogen-bond donors (Lipinski definition) is 2. The fourth-order valence-corrected chi connectivity index (χ4v) is 2.90. The van der Waals surface area contributed by atoms with Crippen molar-refractivity contribution in [2.75, 3.05) is 5.32 Å². The Bertz CT molecular complexity index is 736. The summed E-state index contributed by atoms with van der Waals surface area (Å²) in [4.78, 5) is 23.5.